The highest BCUT2D eigenvalue weighted by molar-refractivity contribution is 7.92. The van der Waals surface area contributed by atoms with Gasteiger partial charge in [-0.2, -0.15) is 0 Å². The smallest absolute Gasteiger partial charge is 0.338 e. The Morgan fingerprint density at radius 3 is 2.67 bits per heavy atom. The molecule has 0 fully saturated rings. The lowest BCUT2D eigenvalue weighted by molar-refractivity contribution is 0.0600. The molecule has 0 atom stereocenters. The van der Waals surface area contributed by atoms with E-state index in [2.05, 4.69) is 9.46 Å². The Kier molecular flexibility index (Phi) is 4.98. The van der Waals surface area contributed by atoms with Crippen LogP contribution in [-0.2, 0) is 14.8 Å². The number of alkyl halides is 1. The van der Waals surface area contributed by atoms with Crippen molar-refractivity contribution >= 4 is 33.3 Å². The molecule has 1 aromatic carbocycles. The third-order valence-corrected chi connectivity index (χ3v) is 4.04. The second kappa shape index (κ2) is 6.06. The van der Waals surface area contributed by atoms with Crippen LogP contribution in [-0.4, -0.2) is 33.1 Å². The first-order valence-corrected chi connectivity index (χ1v) is 7.34. The molecule has 1 N–H and O–H groups in total. The van der Waals surface area contributed by atoms with Crippen molar-refractivity contribution in [2.45, 2.75) is 6.92 Å². The monoisotopic (exact) mass is 291 g/mol. The van der Waals surface area contributed by atoms with Gasteiger partial charge in [0.25, 0.3) is 0 Å². The summed E-state index contributed by atoms with van der Waals surface area (Å²) in [5.41, 5.74) is 1.19. The average Bonchev–Trinajstić information content (AvgIpc) is 2.30. The van der Waals surface area contributed by atoms with Crippen molar-refractivity contribution in [3.63, 3.8) is 0 Å². The second-order valence-corrected chi connectivity index (χ2v) is 5.80. The SMILES string of the molecule is COC(=O)c1cccc(NS(=O)(=O)CCCl)c1C. The van der Waals surface area contributed by atoms with Gasteiger partial charge in [-0.15, -0.1) is 11.6 Å². The lowest BCUT2D eigenvalue weighted by atomic mass is 10.1. The first-order valence-electron chi connectivity index (χ1n) is 5.15. The number of carbonyl (C=O) groups is 1. The molecule has 100 valence electrons. The summed E-state index contributed by atoms with van der Waals surface area (Å²) in [5, 5.41) is 0. The van der Waals surface area contributed by atoms with Crippen LogP contribution in [0.25, 0.3) is 0 Å². The Morgan fingerprint density at radius 1 is 1.44 bits per heavy atom. The summed E-state index contributed by atoms with van der Waals surface area (Å²) in [5.74, 6) is -0.687. The average molecular weight is 292 g/mol. The van der Waals surface area contributed by atoms with E-state index in [0.29, 0.717) is 16.8 Å². The van der Waals surface area contributed by atoms with Crippen LogP contribution in [0.3, 0.4) is 0 Å². The molecule has 0 saturated carbocycles. The number of halogens is 1. The van der Waals surface area contributed by atoms with Crippen molar-refractivity contribution in [2.24, 2.45) is 0 Å². The molecule has 1 aromatic rings. The molecule has 0 bridgehead atoms. The molecule has 0 heterocycles. The van der Waals surface area contributed by atoms with E-state index in [-0.39, 0.29) is 11.6 Å². The number of hydrogen-bond acceptors (Lipinski definition) is 4. The summed E-state index contributed by atoms with van der Waals surface area (Å²) in [7, 11) is -2.22. The fourth-order valence-electron chi connectivity index (χ4n) is 1.40. The quantitative estimate of drug-likeness (QED) is 0.663. The molecule has 0 amide bonds. The lowest BCUT2D eigenvalue weighted by Gasteiger charge is -2.12. The number of sulfonamides is 1. The molecule has 0 aliphatic heterocycles. The largest absolute Gasteiger partial charge is 0.465 e. The Labute approximate surface area is 111 Å². The predicted molar refractivity (Wildman–Crippen MR) is 70.6 cm³/mol. The molecule has 0 aliphatic carbocycles. The lowest BCUT2D eigenvalue weighted by Crippen LogP contribution is -2.19. The van der Waals surface area contributed by atoms with Crippen molar-refractivity contribution in [2.75, 3.05) is 23.5 Å². The molecule has 7 heteroatoms. The molecular weight excluding hydrogens is 278 g/mol. The van der Waals surface area contributed by atoms with Crippen molar-refractivity contribution < 1.29 is 17.9 Å². The van der Waals surface area contributed by atoms with Gasteiger partial charge in [0.2, 0.25) is 10.0 Å². The number of nitrogens with one attached hydrogen (secondary N) is 1. The number of hydrogen-bond donors (Lipinski definition) is 1. The maximum atomic E-state index is 11.6. The minimum Gasteiger partial charge on any atom is -0.465 e. The number of esters is 1. The molecular formula is C11H14ClNO4S. The number of ether oxygens (including phenoxy) is 1. The first-order chi connectivity index (χ1) is 8.41. The topological polar surface area (TPSA) is 72.5 Å². The summed E-state index contributed by atoms with van der Waals surface area (Å²) in [6.45, 7) is 1.64. The van der Waals surface area contributed by atoms with Crippen LogP contribution >= 0.6 is 11.6 Å². The number of carbonyl (C=O) groups excluding carboxylic acids is 1. The van der Waals surface area contributed by atoms with Crippen LogP contribution in [0.15, 0.2) is 18.2 Å². The van der Waals surface area contributed by atoms with Crippen LogP contribution < -0.4 is 4.72 Å². The summed E-state index contributed by atoms with van der Waals surface area (Å²) in [6, 6.07) is 4.73. The van der Waals surface area contributed by atoms with E-state index in [1.54, 1.807) is 25.1 Å². The highest BCUT2D eigenvalue weighted by atomic mass is 35.5. The van der Waals surface area contributed by atoms with Gasteiger partial charge in [-0.05, 0) is 24.6 Å². The molecule has 0 radical (unpaired) electrons. The summed E-state index contributed by atoms with van der Waals surface area (Å²) < 4.78 is 30.2. The van der Waals surface area contributed by atoms with Gasteiger partial charge in [0, 0.05) is 5.88 Å². The first kappa shape index (κ1) is 14.8. The highest BCUT2D eigenvalue weighted by Crippen LogP contribution is 2.20. The Hall–Kier alpha value is -1.27. The maximum absolute atomic E-state index is 11.6. The van der Waals surface area contributed by atoms with Gasteiger partial charge in [0.15, 0.2) is 0 Å². The number of methoxy groups -OCH3 is 1. The van der Waals surface area contributed by atoms with E-state index in [0.717, 1.165) is 0 Å². The van der Waals surface area contributed by atoms with E-state index in [1.807, 2.05) is 0 Å². The van der Waals surface area contributed by atoms with Gasteiger partial charge >= 0.3 is 5.97 Å². The van der Waals surface area contributed by atoms with Gasteiger partial charge < -0.3 is 4.74 Å². The van der Waals surface area contributed by atoms with Gasteiger partial charge in [-0.3, -0.25) is 4.72 Å². The van der Waals surface area contributed by atoms with Crippen LogP contribution in [0.2, 0.25) is 0 Å². The summed E-state index contributed by atoms with van der Waals surface area (Å²) in [4.78, 5) is 11.5. The van der Waals surface area contributed by atoms with E-state index >= 15 is 0 Å². The predicted octanol–water partition coefficient (Wildman–Crippen LogP) is 1.76. The zero-order valence-corrected chi connectivity index (χ0v) is 11.6. The summed E-state index contributed by atoms with van der Waals surface area (Å²) in [6.07, 6.45) is 0. The number of anilines is 1. The van der Waals surface area contributed by atoms with E-state index in [4.69, 9.17) is 11.6 Å². The summed E-state index contributed by atoms with van der Waals surface area (Å²) >= 11 is 5.40. The van der Waals surface area contributed by atoms with Crippen molar-refractivity contribution in [1.82, 2.24) is 0 Å². The second-order valence-electron chi connectivity index (χ2n) is 3.58. The Morgan fingerprint density at radius 2 is 2.11 bits per heavy atom. The third kappa shape index (κ3) is 3.61. The van der Waals surface area contributed by atoms with E-state index < -0.39 is 16.0 Å². The van der Waals surface area contributed by atoms with Crippen LogP contribution in [0.1, 0.15) is 15.9 Å². The molecule has 0 spiro atoms. The van der Waals surface area contributed by atoms with Crippen LogP contribution in [0.5, 0.6) is 0 Å². The molecule has 5 nitrogen and oxygen atoms in total. The maximum Gasteiger partial charge on any atom is 0.338 e. The van der Waals surface area contributed by atoms with Gasteiger partial charge in [-0.1, -0.05) is 6.07 Å². The van der Waals surface area contributed by atoms with E-state index in [9.17, 15) is 13.2 Å². The molecule has 0 saturated heterocycles. The van der Waals surface area contributed by atoms with E-state index in [1.165, 1.54) is 7.11 Å². The van der Waals surface area contributed by atoms with Crippen molar-refractivity contribution in [1.29, 1.82) is 0 Å². The minimum absolute atomic E-state index is 0.00503. The highest BCUT2D eigenvalue weighted by Gasteiger charge is 2.15. The standard InChI is InChI=1S/C11H14ClNO4S/c1-8-9(11(14)17-2)4-3-5-10(8)13-18(15,16)7-6-12/h3-5,13H,6-7H2,1-2H3. The number of benzene rings is 1. The molecule has 0 aliphatic rings. The zero-order valence-electron chi connectivity index (χ0n) is 10.1. The Balaban J connectivity index is 3.09. The van der Waals surface area contributed by atoms with Crippen molar-refractivity contribution in [3.05, 3.63) is 29.3 Å². The molecule has 0 aromatic heterocycles. The van der Waals surface area contributed by atoms with Gasteiger partial charge in [0.05, 0.1) is 24.1 Å². The fraction of sp³-hybridized carbons (Fsp3) is 0.364. The Bertz CT molecular complexity index is 542. The minimum atomic E-state index is -3.49. The third-order valence-electron chi connectivity index (χ3n) is 2.35. The zero-order chi connectivity index (χ0) is 13.8. The molecule has 18 heavy (non-hydrogen) atoms. The van der Waals surface area contributed by atoms with Gasteiger partial charge in [0.1, 0.15) is 0 Å². The molecule has 1 rings (SSSR count). The normalized spacial score (nSPS) is 11.1. The van der Waals surface area contributed by atoms with Gasteiger partial charge in [-0.25, -0.2) is 13.2 Å². The molecule has 0 unspecified atom stereocenters. The van der Waals surface area contributed by atoms with Crippen molar-refractivity contribution in [3.8, 4) is 0 Å². The van der Waals surface area contributed by atoms with Crippen LogP contribution in [0.4, 0.5) is 5.69 Å². The number of rotatable bonds is 5. The fourth-order valence-corrected chi connectivity index (χ4v) is 2.87. The van der Waals surface area contributed by atoms with Crippen LogP contribution in [0, 0.1) is 6.92 Å².